The summed E-state index contributed by atoms with van der Waals surface area (Å²) in [5.41, 5.74) is 9.27. The van der Waals surface area contributed by atoms with Gasteiger partial charge in [0, 0.05) is 17.3 Å². The van der Waals surface area contributed by atoms with Crippen LogP contribution in [0.5, 0.6) is 0 Å². The van der Waals surface area contributed by atoms with E-state index in [1.807, 2.05) is 24.3 Å². The molecule has 0 spiro atoms. The van der Waals surface area contributed by atoms with Crippen LogP contribution in [0.4, 0.5) is 17.1 Å². The number of anilines is 3. The summed E-state index contributed by atoms with van der Waals surface area (Å²) in [6.07, 6.45) is 0.601. The number of halogens is 1. The summed E-state index contributed by atoms with van der Waals surface area (Å²) >= 11 is 5.95. The van der Waals surface area contributed by atoms with Crippen LogP contribution in [-0.4, -0.2) is 11.7 Å². The van der Waals surface area contributed by atoms with Crippen molar-refractivity contribution in [1.29, 1.82) is 0 Å². The fourth-order valence-corrected chi connectivity index (χ4v) is 1.93. The van der Waals surface area contributed by atoms with Crippen molar-refractivity contribution >= 4 is 28.7 Å². The molecule has 0 bridgehead atoms. The Hall–Kier alpha value is -1.71. The van der Waals surface area contributed by atoms with E-state index in [1.165, 1.54) is 0 Å². The molecule has 3 nitrogen and oxygen atoms in total. The van der Waals surface area contributed by atoms with E-state index in [9.17, 15) is 0 Å². The molecule has 4 N–H and O–H groups in total. The van der Waals surface area contributed by atoms with Gasteiger partial charge in [0.05, 0.1) is 11.4 Å². The Morgan fingerprint density at radius 2 is 1.89 bits per heavy atom. The summed E-state index contributed by atoms with van der Waals surface area (Å²) in [7, 11) is 0. The number of nitrogens with one attached hydrogen (secondary N) is 1. The quantitative estimate of drug-likeness (QED) is 0.742. The van der Waals surface area contributed by atoms with Crippen LogP contribution in [0, 0.1) is 0 Å². The number of benzene rings is 2. The van der Waals surface area contributed by atoms with E-state index < -0.39 is 0 Å². The molecule has 2 aromatic carbocycles. The molecule has 0 aromatic heterocycles. The van der Waals surface area contributed by atoms with Crippen molar-refractivity contribution in [2.45, 2.75) is 6.42 Å². The van der Waals surface area contributed by atoms with Gasteiger partial charge in [-0.3, -0.25) is 0 Å². The molecule has 2 aromatic rings. The molecule has 94 valence electrons. The second-order valence-electron chi connectivity index (χ2n) is 3.99. The van der Waals surface area contributed by atoms with Crippen LogP contribution in [0.25, 0.3) is 0 Å². The second kappa shape index (κ2) is 5.76. The molecular weight excluding hydrogens is 248 g/mol. The molecule has 4 heteroatoms. The van der Waals surface area contributed by atoms with Gasteiger partial charge in [0.25, 0.3) is 0 Å². The lowest BCUT2D eigenvalue weighted by molar-refractivity contribution is 0.300. The number of nitrogens with two attached hydrogens (primary N) is 1. The first kappa shape index (κ1) is 12.7. The molecular formula is C14H15ClN2O. The van der Waals surface area contributed by atoms with Gasteiger partial charge in [-0.1, -0.05) is 29.8 Å². The maximum Gasteiger partial charge on any atom is 0.0632 e. The summed E-state index contributed by atoms with van der Waals surface area (Å²) < 4.78 is 0. The number of aliphatic hydroxyl groups excluding tert-OH is 1. The molecule has 0 saturated heterocycles. The monoisotopic (exact) mass is 262 g/mol. The topological polar surface area (TPSA) is 58.3 Å². The SMILES string of the molecule is Nc1ccc(Cl)cc1Nc1ccccc1CCO. The van der Waals surface area contributed by atoms with Gasteiger partial charge in [0.2, 0.25) is 0 Å². The standard InChI is InChI=1S/C14H15ClN2O/c15-11-5-6-12(16)14(9-11)17-13-4-2-1-3-10(13)7-8-18/h1-6,9,17-18H,7-8,16H2. The first-order valence-corrected chi connectivity index (χ1v) is 6.09. The van der Waals surface area contributed by atoms with Crippen LogP contribution < -0.4 is 11.1 Å². The van der Waals surface area contributed by atoms with Crippen LogP contribution in [0.15, 0.2) is 42.5 Å². The third-order valence-electron chi connectivity index (χ3n) is 2.68. The zero-order valence-corrected chi connectivity index (χ0v) is 10.6. The fourth-order valence-electron chi connectivity index (χ4n) is 1.76. The highest BCUT2D eigenvalue weighted by Crippen LogP contribution is 2.28. The Morgan fingerprint density at radius 3 is 2.67 bits per heavy atom. The molecule has 0 fully saturated rings. The first-order chi connectivity index (χ1) is 8.70. The zero-order chi connectivity index (χ0) is 13.0. The highest BCUT2D eigenvalue weighted by atomic mass is 35.5. The summed E-state index contributed by atoms with van der Waals surface area (Å²) in [5, 5.41) is 12.9. The first-order valence-electron chi connectivity index (χ1n) is 5.71. The van der Waals surface area contributed by atoms with Gasteiger partial charge in [-0.2, -0.15) is 0 Å². The Balaban J connectivity index is 2.30. The maximum absolute atomic E-state index is 9.04. The molecule has 0 heterocycles. The van der Waals surface area contributed by atoms with Crippen molar-refractivity contribution in [3.05, 3.63) is 53.1 Å². The molecule has 18 heavy (non-hydrogen) atoms. The molecule has 0 atom stereocenters. The van der Waals surface area contributed by atoms with Gasteiger partial charge in [-0.25, -0.2) is 0 Å². The molecule has 0 amide bonds. The smallest absolute Gasteiger partial charge is 0.0632 e. The van der Waals surface area contributed by atoms with Gasteiger partial charge in [0.15, 0.2) is 0 Å². The van der Waals surface area contributed by atoms with E-state index >= 15 is 0 Å². The Kier molecular flexibility index (Phi) is 4.07. The molecule has 2 rings (SSSR count). The van der Waals surface area contributed by atoms with Crippen LogP contribution in [-0.2, 0) is 6.42 Å². The van der Waals surface area contributed by atoms with Crippen molar-refractivity contribution in [2.75, 3.05) is 17.7 Å². The largest absolute Gasteiger partial charge is 0.397 e. The minimum Gasteiger partial charge on any atom is -0.397 e. The minimum absolute atomic E-state index is 0.115. The summed E-state index contributed by atoms with van der Waals surface area (Å²) in [5.74, 6) is 0. The third-order valence-corrected chi connectivity index (χ3v) is 2.92. The average molecular weight is 263 g/mol. The van der Waals surface area contributed by atoms with Crippen molar-refractivity contribution < 1.29 is 5.11 Å². The van der Waals surface area contributed by atoms with Crippen molar-refractivity contribution in [3.63, 3.8) is 0 Å². The van der Waals surface area contributed by atoms with E-state index in [0.717, 1.165) is 16.9 Å². The number of hydrogen-bond donors (Lipinski definition) is 3. The maximum atomic E-state index is 9.04. The Bertz CT molecular complexity index is 543. The van der Waals surface area contributed by atoms with Crippen LogP contribution in [0.2, 0.25) is 5.02 Å². The number of rotatable bonds is 4. The predicted molar refractivity (Wildman–Crippen MR) is 76.4 cm³/mol. The van der Waals surface area contributed by atoms with Gasteiger partial charge in [0.1, 0.15) is 0 Å². The highest BCUT2D eigenvalue weighted by Gasteiger charge is 2.04. The fraction of sp³-hybridized carbons (Fsp3) is 0.143. The minimum atomic E-state index is 0.115. The Morgan fingerprint density at radius 1 is 1.11 bits per heavy atom. The van der Waals surface area contributed by atoms with Crippen molar-refractivity contribution in [2.24, 2.45) is 0 Å². The lowest BCUT2D eigenvalue weighted by Gasteiger charge is -2.13. The summed E-state index contributed by atoms with van der Waals surface area (Å²) in [4.78, 5) is 0. The number of para-hydroxylation sites is 1. The van der Waals surface area contributed by atoms with Crippen molar-refractivity contribution in [1.82, 2.24) is 0 Å². The third kappa shape index (κ3) is 2.94. The lowest BCUT2D eigenvalue weighted by Crippen LogP contribution is -2.00. The highest BCUT2D eigenvalue weighted by molar-refractivity contribution is 6.31. The molecule has 0 aliphatic rings. The van der Waals surface area contributed by atoms with E-state index in [1.54, 1.807) is 18.2 Å². The van der Waals surface area contributed by atoms with Gasteiger partial charge >= 0.3 is 0 Å². The van der Waals surface area contributed by atoms with Gasteiger partial charge in [-0.05, 0) is 36.2 Å². The van der Waals surface area contributed by atoms with Gasteiger partial charge < -0.3 is 16.2 Å². The van der Waals surface area contributed by atoms with Crippen molar-refractivity contribution in [3.8, 4) is 0 Å². The van der Waals surface area contributed by atoms with E-state index in [4.69, 9.17) is 22.4 Å². The van der Waals surface area contributed by atoms with Crippen LogP contribution in [0.3, 0.4) is 0 Å². The van der Waals surface area contributed by atoms with E-state index in [2.05, 4.69) is 5.32 Å². The normalized spacial score (nSPS) is 10.3. The molecule has 0 aliphatic carbocycles. The molecule has 0 unspecified atom stereocenters. The molecule has 0 aliphatic heterocycles. The number of hydrogen-bond acceptors (Lipinski definition) is 3. The lowest BCUT2D eigenvalue weighted by atomic mass is 10.1. The molecule has 0 radical (unpaired) electrons. The average Bonchev–Trinajstić information content (AvgIpc) is 2.36. The molecule has 0 saturated carbocycles. The number of aliphatic hydroxyl groups is 1. The summed E-state index contributed by atoms with van der Waals surface area (Å²) in [6.45, 7) is 0.115. The second-order valence-corrected chi connectivity index (χ2v) is 4.42. The van der Waals surface area contributed by atoms with Gasteiger partial charge in [-0.15, -0.1) is 0 Å². The zero-order valence-electron chi connectivity index (χ0n) is 9.86. The van der Waals surface area contributed by atoms with Crippen LogP contribution >= 0.6 is 11.6 Å². The van der Waals surface area contributed by atoms with Crippen LogP contribution in [0.1, 0.15) is 5.56 Å². The van der Waals surface area contributed by atoms with E-state index in [0.29, 0.717) is 17.1 Å². The Labute approximate surface area is 111 Å². The number of nitrogen functional groups attached to an aromatic ring is 1. The summed E-state index contributed by atoms with van der Waals surface area (Å²) in [6, 6.07) is 13.1. The predicted octanol–water partition coefficient (Wildman–Crippen LogP) is 3.20. The van der Waals surface area contributed by atoms with E-state index in [-0.39, 0.29) is 6.61 Å².